The van der Waals surface area contributed by atoms with Gasteiger partial charge < -0.3 is 5.11 Å². The lowest BCUT2D eigenvalue weighted by molar-refractivity contribution is -0.143. The minimum Gasteiger partial charge on any atom is -0.509 e. The first-order valence-electron chi connectivity index (χ1n) is 7.11. The molecule has 0 aromatic carbocycles. The van der Waals surface area contributed by atoms with Crippen LogP contribution in [-0.4, -0.2) is 33.6 Å². The standard InChI is InChI=1S/C15H23NO4/c1-5-6-7-12(18)16-11(8-9(2)3)14(19)13(10(4)17)15(16)20/h9,11,19H,5-8H2,1-4H3. The van der Waals surface area contributed by atoms with E-state index in [4.69, 9.17) is 0 Å². The Morgan fingerprint density at radius 3 is 2.40 bits per heavy atom. The predicted octanol–water partition coefficient (Wildman–Crippen LogP) is 2.36. The summed E-state index contributed by atoms with van der Waals surface area (Å²) in [6, 6.07) is -0.689. The molecule has 0 saturated carbocycles. The summed E-state index contributed by atoms with van der Waals surface area (Å²) < 4.78 is 0. The molecule has 1 rings (SSSR count). The van der Waals surface area contributed by atoms with E-state index in [9.17, 15) is 19.5 Å². The van der Waals surface area contributed by atoms with Crippen LogP contribution in [0.25, 0.3) is 0 Å². The molecule has 0 aliphatic carbocycles. The van der Waals surface area contributed by atoms with Gasteiger partial charge in [0.2, 0.25) is 5.91 Å². The van der Waals surface area contributed by atoms with Gasteiger partial charge in [-0.1, -0.05) is 27.2 Å². The number of hydrogen-bond donors (Lipinski definition) is 1. The van der Waals surface area contributed by atoms with E-state index in [-0.39, 0.29) is 29.6 Å². The SMILES string of the molecule is CCCCC(=O)N1C(=O)C(C(C)=O)=C(O)C1CC(C)C. The molecule has 5 heteroatoms. The van der Waals surface area contributed by atoms with Gasteiger partial charge in [-0.3, -0.25) is 19.3 Å². The fourth-order valence-electron chi connectivity index (χ4n) is 2.39. The summed E-state index contributed by atoms with van der Waals surface area (Å²) in [6.45, 7) is 7.08. The molecule has 0 bridgehead atoms. The molecule has 20 heavy (non-hydrogen) atoms. The molecule has 1 aliphatic rings. The van der Waals surface area contributed by atoms with Crippen LogP contribution in [0.4, 0.5) is 0 Å². The smallest absolute Gasteiger partial charge is 0.268 e. The number of unbranched alkanes of at least 4 members (excludes halogenated alkanes) is 1. The van der Waals surface area contributed by atoms with E-state index < -0.39 is 17.7 Å². The number of aliphatic hydroxyl groups excluding tert-OH is 1. The molecule has 1 heterocycles. The van der Waals surface area contributed by atoms with Gasteiger partial charge >= 0.3 is 0 Å². The van der Waals surface area contributed by atoms with Crippen LogP contribution in [-0.2, 0) is 14.4 Å². The molecule has 1 unspecified atom stereocenters. The van der Waals surface area contributed by atoms with Crippen LogP contribution in [0, 0.1) is 5.92 Å². The number of carbonyl (C=O) groups is 3. The van der Waals surface area contributed by atoms with Crippen molar-refractivity contribution in [2.45, 2.75) is 59.4 Å². The van der Waals surface area contributed by atoms with E-state index in [1.807, 2.05) is 20.8 Å². The first-order valence-corrected chi connectivity index (χ1v) is 7.11. The molecule has 0 saturated heterocycles. The maximum absolute atomic E-state index is 12.2. The monoisotopic (exact) mass is 281 g/mol. The Labute approximate surface area is 119 Å². The van der Waals surface area contributed by atoms with E-state index in [2.05, 4.69) is 0 Å². The normalized spacial score (nSPS) is 19.1. The second-order valence-corrected chi connectivity index (χ2v) is 5.63. The summed E-state index contributed by atoms with van der Waals surface area (Å²) in [4.78, 5) is 37.0. The van der Waals surface area contributed by atoms with Gasteiger partial charge in [0, 0.05) is 6.42 Å². The molecule has 0 radical (unpaired) electrons. The highest BCUT2D eigenvalue weighted by atomic mass is 16.3. The average Bonchev–Trinajstić information content (AvgIpc) is 2.57. The molecular weight excluding hydrogens is 258 g/mol. The Morgan fingerprint density at radius 2 is 1.95 bits per heavy atom. The molecule has 5 nitrogen and oxygen atoms in total. The van der Waals surface area contributed by atoms with E-state index in [1.165, 1.54) is 6.92 Å². The van der Waals surface area contributed by atoms with Crippen molar-refractivity contribution in [3.05, 3.63) is 11.3 Å². The highest BCUT2D eigenvalue weighted by Crippen LogP contribution is 2.30. The molecule has 0 aromatic heterocycles. The van der Waals surface area contributed by atoms with Crippen molar-refractivity contribution >= 4 is 17.6 Å². The van der Waals surface area contributed by atoms with E-state index in [1.54, 1.807) is 0 Å². The zero-order valence-electron chi connectivity index (χ0n) is 12.6. The molecule has 0 aromatic rings. The number of carbonyl (C=O) groups excluding carboxylic acids is 3. The summed E-state index contributed by atoms with van der Waals surface area (Å²) in [5.41, 5.74) is -0.236. The second kappa shape index (κ2) is 6.68. The molecule has 0 fully saturated rings. The number of ketones is 1. The van der Waals surface area contributed by atoms with Crippen molar-refractivity contribution in [1.82, 2.24) is 4.90 Å². The number of aliphatic hydroxyl groups is 1. The van der Waals surface area contributed by atoms with E-state index in [0.29, 0.717) is 12.8 Å². The molecule has 112 valence electrons. The number of hydrogen-bond acceptors (Lipinski definition) is 4. The summed E-state index contributed by atoms with van der Waals surface area (Å²) >= 11 is 0. The Balaban J connectivity index is 3.07. The highest BCUT2D eigenvalue weighted by Gasteiger charge is 2.44. The fourth-order valence-corrected chi connectivity index (χ4v) is 2.39. The predicted molar refractivity (Wildman–Crippen MR) is 75.0 cm³/mol. The Hall–Kier alpha value is -1.65. The van der Waals surface area contributed by atoms with E-state index >= 15 is 0 Å². The lowest BCUT2D eigenvalue weighted by atomic mass is 10.0. The minimum atomic E-state index is -0.689. The number of imide groups is 1. The first-order chi connectivity index (χ1) is 9.31. The molecule has 1 N–H and O–H groups in total. The Morgan fingerprint density at radius 1 is 1.35 bits per heavy atom. The van der Waals surface area contributed by atoms with Gasteiger partial charge in [-0.2, -0.15) is 0 Å². The average molecular weight is 281 g/mol. The molecule has 1 aliphatic heterocycles. The van der Waals surface area contributed by atoms with Crippen molar-refractivity contribution in [3.63, 3.8) is 0 Å². The van der Waals surface area contributed by atoms with Crippen LogP contribution in [0.1, 0.15) is 53.4 Å². The van der Waals surface area contributed by atoms with Crippen LogP contribution >= 0.6 is 0 Å². The second-order valence-electron chi connectivity index (χ2n) is 5.63. The number of amides is 2. The van der Waals surface area contributed by atoms with Crippen LogP contribution in [0.5, 0.6) is 0 Å². The third kappa shape index (κ3) is 3.26. The Bertz CT molecular complexity index is 451. The highest BCUT2D eigenvalue weighted by molar-refractivity contribution is 6.24. The van der Waals surface area contributed by atoms with Crippen LogP contribution in [0.3, 0.4) is 0 Å². The van der Waals surface area contributed by atoms with Gasteiger partial charge in [0.1, 0.15) is 11.3 Å². The molecule has 2 amide bonds. The van der Waals surface area contributed by atoms with Crippen molar-refractivity contribution in [2.24, 2.45) is 5.92 Å². The van der Waals surface area contributed by atoms with Crippen LogP contribution in [0.15, 0.2) is 11.3 Å². The minimum absolute atomic E-state index is 0.197. The van der Waals surface area contributed by atoms with E-state index in [0.717, 1.165) is 11.3 Å². The number of Topliss-reactive ketones (excluding diaryl/α,β-unsaturated/α-hetero) is 1. The third-order valence-electron chi connectivity index (χ3n) is 3.38. The Kier molecular flexibility index (Phi) is 5.48. The van der Waals surface area contributed by atoms with Gasteiger partial charge in [-0.25, -0.2) is 0 Å². The van der Waals surface area contributed by atoms with Crippen molar-refractivity contribution in [2.75, 3.05) is 0 Å². The topological polar surface area (TPSA) is 74.7 Å². The molecule has 0 spiro atoms. The van der Waals surface area contributed by atoms with Gasteiger partial charge in [0.25, 0.3) is 5.91 Å². The summed E-state index contributed by atoms with van der Waals surface area (Å²) in [7, 11) is 0. The lowest BCUT2D eigenvalue weighted by Gasteiger charge is -2.24. The maximum atomic E-state index is 12.2. The van der Waals surface area contributed by atoms with Crippen LogP contribution in [0.2, 0.25) is 0 Å². The molecular formula is C15H23NO4. The fraction of sp³-hybridized carbons (Fsp3) is 0.667. The van der Waals surface area contributed by atoms with Gasteiger partial charge in [-0.15, -0.1) is 0 Å². The molecule has 1 atom stereocenters. The van der Waals surface area contributed by atoms with Gasteiger partial charge in [0.05, 0.1) is 6.04 Å². The third-order valence-corrected chi connectivity index (χ3v) is 3.38. The zero-order valence-corrected chi connectivity index (χ0v) is 12.6. The van der Waals surface area contributed by atoms with Crippen molar-refractivity contribution < 1.29 is 19.5 Å². The van der Waals surface area contributed by atoms with Crippen molar-refractivity contribution in [1.29, 1.82) is 0 Å². The zero-order chi connectivity index (χ0) is 15.4. The number of nitrogens with zero attached hydrogens (tertiary/aromatic N) is 1. The largest absolute Gasteiger partial charge is 0.509 e. The van der Waals surface area contributed by atoms with Crippen molar-refractivity contribution in [3.8, 4) is 0 Å². The quantitative estimate of drug-likeness (QED) is 0.758. The number of rotatable bonds is 6. The van der Waals surface area contributed by atoms with Crippen LogP contribution < -0.4 is 0 Å². The van der Waals surface area contributed by atoms with Gasteiger partial charge in [0.15, 0.2) is 5.78 Å². The maximum Gasteiger partial charge on any atom is 0.268 e. The summed E-state index contributed by atoms with van der Waals surface area (Å²) in [6.07, 6.45) is 2.26. The lowest BCUT2D eigenvalue weighted by Crippen LogP contribution is -2.41. The first kappa shape index (κ1) is 16.4. The summed E-state index contributed by atoms with van der Waals surface area (Å²) in [5, 5.41) is 10.1. The van der Waals surface area contributed by atoms with Gasteiger partial charge in [-0.05, 0) is 25.7 Å². The summed E-state index contributed by atoms with van der Waals surface area (Å²) in [5.74, 6) is -1.51.